The number of amides is 1. The average Bonchev–Trinajstić information content (AvgIpc) is 3.08. The minimum atomic E-state index is -0.976. The molecule has 2 aromatic heterocycles. The summed E-state index contributed by atoms with van der Waals surface area (Å²) in [6.45, 7) is 5.28. The van der Waals surface area contributed by atoms with Gasteiger partial charge in [0.25, 0.3) is 0 Å². The summed E-state index contributed by atoms with van der Waals surface area (Å²) in [4.78, 5) is 25.9. The van der Waals surface area contributed by atoms with E-state index in [9.17, 15) is 14.7 Å². The summed E-state index contributed by atoms with van der Waals surface area (Å²) in [6, 6.07) is 2.93. The number of rotatable bonds is 6. The zero-order valence-electron chi connectivity index (χ0n) is 15.0. The second kappa shape index (κ2) is 7.67. The van der Waals surface area contributed by atoms with E-state index in [1.807, 2.05) is 26.0 Å². The van der Waals surface area contributed by atoms with E-state index in [2.05, 4.69) is 25.5 Å². The van der Waals surface area contributed by atoms with Crippen molar-refractivity contribution in [1.29, 1.82) is 0 Å². The fraction of sp³-hybridized carbons (Fsp3) is 0.588. The Bertz CT molecular complexity index is 782. The van der Waals surface area contributed by atoms with Gasteiger partial charge in [-0.1, -0.05) is 13.8 Å². The van der Waals surface area contributed by atoms with Gasteiger partial charge in [-0.15, -0.1) is 15.3 Å². The van der Waals surface area contributed by atoms with Crippen LogP contribution >= 0.6 is 0 Å². The number of hydrogen-bond donors (Lipinski definition) is 2. The Hall–Kier alpha value is -2.71. The number of anilines is 1. The van der Waals surface area contributed by atoms with Crippen LogP contribution in [0.4, 0.5) is 5.82 Å². The molecule has 0 bridgehead atoms. The molecule has 26 heavy (non-hydrogen) atoms. The van der Waals surface area contributed by atoms with Crippen LogP contribution in [0.15, 0.2) is 18.5 Å². The first kappa shape index (κ1) is 18.1. The van der Waals surface area contributed by atoms with Crippen LogP contribution in [-0.2, 0) is 9.59 Å². The molecule has 1 saturated heterocycles. The molecular weight excluding hydrogens is 336 g/mol. The monoisotopic (exact) mass is 360 g/mol. The molecule has 0 aromatic carbocycles. The first-order valence-electron chi connectivity index (χ1n) is 8.89. The van der Waals surface area contributed by atoms with Gasteiger partial charge in [-0.05, 0) is 37.3 Å². The van der Waals surface area contributed by atoms with Crippen molar-refractivity contribution >= 4 is 23.3 Å². The van der Waals surface area contributed by atoms with Gasteiger partial charge >= 0.3 is 5.97 Å². The van der Waals surface area contributed by atoms with Crippen molar-refractivity contribution in [3.63, 3.8) is 0 Å². The third kappa shape index (κ3) is 4.09. The summed E-state index contributed by atoms with van der Waals surface area (Å²) >= 11 is 0. The molecule has 0 radical (unpaired) electrons. The van der Waals surface area contributed by atoms with Gasteiger partial charge in [0.05, 0.1) is 0 Å². The van der Waals surface area contributed by atoms with Crippen LogP contribution in [0.2, 0.25) is 0 Å². The second-order valence-corrected chi connectivity index (χ2v) is 7.12. The maximum Gasteiger partial charge on any atom is 0.326 e. The average molecular weight is 360 g/mol. The molecule has 1 aliphatic heterocycles. The van der Waals surface area contributed by atoms with Gasteiger partial charge < -0.3 is 15.3 Å². The van der Waals surface area contributed by atoms with Crippen molar-refractivity contribution in [3.05, 3.63) is 18.5 Å². The Labute approximate surface area is 151 Å². The number of piperidine rings is 1. The van der Waals surface area contributed by atoms with Gasteiger partial charge in [0, 0.05) is 19.0 Å². The topological polar surface area (TPSA) is 113 Å². The minimum Gasteiger partial charge on any atom is -0.480 e. The van der Waals surface area contributed by atoms with E-state index in [-0.39, 0.29) is 17.7 Å². The lowest BCUT2D eigenvalue weighted by molar-refractivity contribution is -0.143. The van der Waals surface area contributed by atoms with Crippen molar-refractivity contribution < 1.29 is 14.7 Å². The number of carbonyl (C=O) groups excluding carboxylic acids is 1. The zero-order chi connectivity index (χ0) is 18.7. The molecule has 9 nitrogen and oxygen atoms in total. The highest BCUT2D eigenvalue weighted by Gasteiger charge is 2.29. The molecule has 140 valence electrons. The van der Waals surface area contributed by atoms with Gasteiger partial charge in [0.1, 0.15) is 18.2 Å². The van der Waals surface area contributed by atoms with Crippen LogP contribution in [0.5, 0.6) is 0 Å². The van der Waals surface area contributed by atoms with Crippen LogP contribution in [0.1, 0.15) is 33.1 Å². The Kier molecular flexibility index (Phi) is 5.34. The largest absolute Gasteiger partial charge is 0.480 e. The summed E-state index contributed by atoms with van der Waals surface area (Å²) in [6.07, 6.45) is 3.33. The Morgan fingerprint density at radius 1 is 1.31 bits per heavy atom. The minimum absolute atomic E-state index is 0.167. The number of aliphatic carboxylic acids is 1. The molecule has 2 aromatic rings. The van der Waals surface area contributed by atoms with Crippen molar-refractivity contribution in [2.45, 2.75) is 39.2 Å². The number of nitrogens with one attached hydrogen (secondary N) is 1. The van der Waals surface area contributed by atoms with Crippen LogP contribution in [0.3, 0.4) is 0 Å². The fourth-order valence-electron chi connectivity index (χ4n) is 3.24. The van der Waals surface area contributed by atoms with E-state index in [0.717, 1.165) is 5.82 Å². The van der Waals surface area contributed by atoms with Crippen LogP contribution in [-0.4, -0.2) is 55.9 Å². The summed E-state index contributed by atoms with van der Waals surface area (Å²) < 4.78 is 1.62. The molecule has 0 spiro atoms. The molecule has 2 N–H and O–H groups in total. The normalized spacial score (nSPS) is 16.8. The van der Waals surface area contributed by atoms with E-state index >= 15 is 0 Å². The maximum absolute atomic E-state index is 12.4. The van der Waals surface area contributed by atoms with Gasteiger partial charge in [-0.2, -0.15) is 4.52 Å². The molecule has 0 aliphatic carbocycles. The van der Waals surface area contributed by atoms with Crippen LogP contribution in [0.25, 0.3) is 5.65 Å². The number of hydrogen-bond acceptors (Lipinski definition) is 6. The molecule has 1 atom stereocenters. The highest BCUT2D eigenvalue weighted by Crippen LogP contribution is 2.22. The Balaban J connectivity index is 1.57. The standard InChI is InChI=1S/C17H24N6O3/c1-11(2)9-13(17(25)26)19-16(24)12-5-7-22(8-6-12)15-4-3-14-20-18-10-23(14)21-15/h3-4,10-13H,5-9H2,1-2H3,(H,19,24)(H,25,26). The van der Waals surface area contributed by atoms with Gasteiger partial charge in [-0.25, -0.2) is 4.79 Å². The number of carboxylic acid groups (broad SMARTS) is 1. The fourth-order valence-corrected chi connectivity index (χ4v) is 3.24. The van der Waals surface area contributed by atoms with Crippen molar-refractivity contribution in [2.75, 3.05) is 18.0 Å². The smallest absolute Gasteiger partial charge is 0.326 e. The Morgan fingerprint density at radius 2 is 2.04 bits per heavy atom. The molecule has 1 unspecified atom stereocenters. The van der Waals surface area contributed by atoms with Crippen molar-refractivity contribution in [2.24, 2.45) is 11.8 Å². The summed E-state index contributed by atoms with van der Waals surface area (Å²) in [7, 11) is 0. The first-order chi connectivity index (χ1) is 12.4. The lowest BCUT2D eigenvalue weighted by Crippen LogP contribution is -2.47. The van der Waals surface area contributed by atoms with Gasteiger partial charge in [-0.3, -0.25) is 4.79 Å². The zero-order valence-corrected chi connectivity index (χ0v) is 15.0. The maximum atomic E-state index is 12.4. The quantitative estimate of drug-likeness (QED) is 0.789. The van der Waals surface area contributed by atoms with E-state index in [0.29, 0.717) is 38.0 Å². The highest BCUT2D eigenvalue weighted by molar-refractivity contribution is 5.85. The predicted octanol–water partition coefficient (Wildman–Crippen LogP) is 0.956. The van der Waals surface area contributed by atoms with Crippen LogP contribution < -0.4 is 10.2 Å². The van der Waals surface area contributed by atoms with Gasteiger partial charge in [0.15, 0.2) is 5.65 Å². The van der Waals surface area contributed by atoms with Crippen molar-refractivity contribution in [3.8, 4) is 0 Å². The van der Waals surface area contributed by atoms with E-state index in [4.69, 9.17) is 0 Å². The van der Waals surface area contributed by atoms with Gasteiger partial charge in [0.2, 0.25) is 5.91 Å². The number of carbonyl (C=O) groups is 2. The molecule has 3 rings (SSSR count). The summed E-state index contributed by atoms with van der Waals surface area (Å²) in [5.41, 5.74) is 0.688. The van der Waals surface area contributed by atoms with E-state index in [1.54, 1.807) is 10.8 Å². The third-order valence-electron chi connectivity index (χ3n) is 4.66. The molecule has 1 fully saturated rings. The lowest BCUT2D eigenvalue weighted by Gasteiger charge is -2.32. The second-order valence-electron chi connectivity index (χ2n) is 7.12. The number of nitrogens with zero attached hydrogens (tertiary/aromatic N) is 5. The Morgan fingerprint density at radius 3 is 2.69 bits per heavy atom. The number of aromatic nitrogens is 4. The van der Waals surface area contributed by atoms with Crippen LogP contribution in [0, 0.1) is 11.8 Å². The van der Waals surface area contributed by atoms with E-state index < -0.39 is 12.0 Å². The molecule has 1 amide bonds. The molecule has 0 saturated carbocycles. The summed E-state index contributed by atoms with van der Waals surface area (Å²) in [5, 5.41) is 24.2. The third-order valence-corrected chi connectivity index (χ3v) is 4.66. The lowest BCUT2D eigenvalue weighted by atomic mass is 9.94. The predicted molar refractivity (Wildman–Crippen MR) is 94.7 cm³/mol. The van der Waals surface area contributed by atoms with E-state index in [1.165, 1.54) is 0 Å². The summed E-state index contributed by atoms with van der Waals surface area (Å²) in [5.74, 6) is -0.286. The molecule has 3 heterocycles. The SMILES string of the molecule is CC(C)CC(NC(=O)C1CCN(c2ccc3nncn3n2)CC1)C(=O)O. The number of fused-ring (bicyclic) bond motifs is 1. The first-order valence-corrected chi connectivity index (χ1v) is 8.89. The molecular formula is C17H24N6O3. The number of carboxylic acids is 1. The molecule has 1 aliphatic rings. The molecule has 9 heteroatoms. The van der Waals surface area contributed by atoms with Crippen molar-refractivity contribution in [1.82, 2.24) is 25.1 Å². The highest BCUT2D eigenvalue weighted by atomic mass is 16.4.